The van der Waals surface area contributed by atoms with Crippen LogP contribution in [0.3, 0.4) is 0 Å². The lowest BCUT2D eigenvalue weighted by Gasteiger charge is -2.45. The fourth-order valence-electron chi connectivity index (χ4n) is 11.7. The summed E-state index contributed by atoms with van der Waals surface area (Å²) in [6, 6.07) is 88.6. The van der Waals surface area contributed by atoms with Crippen LogP contribution in [-0.4, -0.2) is 47.0 Å². The summed E-state index contributed by atoms with van der Waals surface area (Å²) in [6.07, 6.45) is 0. The maximum Gasteiger partial charge on any atom is 0.252 e. The summed E-state index contributed by atoms with van der Waals surface area (Å²) in [5, 5.41) is 0. The van der Waals surface area contributed by atoms with Gasteiger partial charge in [-0.15, -0.1) is 0 Å². The molecule has 80 heavy (non-hydrogen) atoms. The highest BCUT2D eigenvalue weighted by Gasteiger charge is 2.45. The lowest BCUT2D eigenvalue weighted by atomic mass is 9.33. The first-order valence-electron chi connectivity index (χ1n) is 27.1. The van der Waals surface area contributed by atoms with E-state index in [9.17, 15) is 0 Å². The molecule has 5 aliphatic heterocycles. The zero-order valence-corrected chi connectivity index (χ0v) is 44.3. The molecule has 10 heteroatoms. The minimum absolute atomic E-state index is 0.159. The number of nitrogens with zero attached hydrogens (tertiary/aromatic N) is 9. The van der Waals surface area contributed by atoms with Crippen molar-refractivity contribution in [1.82, 2.24) is 4.90 Å². The van der Waals surface area contributed by atoms with Crippen LogP contribution in [0.15, 0.2) is 279 Å². The van der Waals surface area contributed by atoms with Crippen LogP contribution in [0, 0.1) is 0 Å². The lowest BCUT2D eigenvalue weighted by molar-refractivity contribution is 0.590. The van der Waals surface area contributed by atoms with E-state index >= 15 is 0 Å². The van der Waals surface area contributed by atoms with Crippen molar-refractivity contribution in [3.05, 3.63) is 271 Å². The summed E-state index contributed by atoms with van der Waals surface area (Å²) in [6.45, 7) is 6.77. The zero-order valence-electron chi connectivity index (χ0n) is 44.3. The van der Waals surface area contributed by atoms with Crippen molar-refractivity contribution in [1.29, 1.82) is 0 Å². The van der Waals surface area contributed by atoms with Gasteiger partial charge < -0.3 is 9.80 Å². The Morgan fingerprint density at radius 1 is 0.300 bits per heavy atom. The molecule has 15 rings (SSSR count). The van der Waals surface area contributed by atoms with E-state index in [0.717, 1.165) is 67.5 Å². The quantitative estimate of drug-likeness (QED) is 0.142. The monoisotopic (exact) mass is 1030 g/mol. The first-order valence-corrected chi connectivity index (χ1v) is 27.1. The molecule has 0 atom stereocenters. The molecule has 10 aromatic carbocycles. The highest BCUT2D eigenvalue weighted by atomic mass is 15.5. The Morgan fingerprint density at radius 2 is 0.688 bits per heavy atom. The van der Waals surface area contributed by atoms with E-state index in [-0.39, 0.29) is 12.1 Å². The van der Waals surface area contributed by atoms with Crippen LogP contribution in [0.25, 0.3) is 33.4 Å². The van der Waals surface area contributed by atoms with Gasteiger partial charge in [-0.25, -0.2) is 4.90 Å². The predicted molar refractivity (Wildman–Crippen MR) is 332 cm³/mol. The van der Waals surface area contributed by atoms with E-state index in [1.54, 1.807) is 4.90 Å². The van der Waals surface area contributed by atoms with E-state index < -0.39 is 0 Å². The Bertz CT molecular complexity index is 4280. The second-order valence-corrected chi connectivity index (χ2v) is 21.6. The molecule has 0 aromatic heterocycles. The van der Waals surface area contributed by atoms with E-state index in [1.165, 1.54) is 38.6 Å². The Morgan fingerprint density at radius 3 is 1.19 bits per heavy atom. The topological polar surface area (TPSA) is 83.9 Å². The van der Waals surface area contributed by atoms with Crippen LogP contribution in [0.5, 0.6) is 0 Å². The van der Waals surface area contributed by atoms with Gasteiger partial charge in [0.1, 0.15) is 0 Å². The van der Waals surface area contributed by atoms with Crippen molar-refractivity contribution in [3.63, 3.8) is 0 Å². The molecule has 0 amide bonds. The summed E-state index contributed by atoms with van der Waals surface area (Å²) in [5.74, 6) is 2.68. The smallest absolute Gasteiger partial charge is 0.252 e. The third-order valence-electron chi connectivity index (χ3n) is 15.7. The van der Waals surface area contributed by atoms with Gasteiger partial charge in [-0.2, -0.15) is 30.0 Å². The Hall–Kier alpha value is -10.3. The summed E-state index contributed by atoms with van der Waals surface area (Å²) >= 11 is 0. The lowest BCUT2D eigenvalue weighted by Crippen LogP contribution is -2.61. The van der Waals surface area contributed by atoms with Crippen LogP contribution in [0.4, 0.5) is 34.1 Å². The molecule has 0 saturated carbocycles. The molecule has 5 heterocycles. The van der Waals surface area contributed by atoms with Crippen LogP contribution < -0.4 is 26.2 Å². The Balaban J connectivity index is 0.988. The molecule has 0 aliphatic carbocycles. The van der Waals surface area contributed by atoms with Crippen molar-refractivity contribution in [2.24, 2.45) is 30.0 Å². The number of guanidine groups is 3. The van der Waals surface area contributed by atoms with Gasteiger partial charge in [-0.3, -0.25) is 0 Å². The van der Waals surface area contributed by atoms with Gasteiger partial charge in [-0.05, 0) is 109 Å². The fraction of sp³-hybridized carbons (Fsp3) is 0.0571. The minimum Gasteiger partial charge on any atom is -0.311 e. The van der Waals surface area contributed by atoms with E-state index in [4.69, 9.17) is 30.0 Å². The number of amidine groups is 3. The Labute approximate surface area is 465 Å². The van der Waals surface area contributed by atoms with Gasteiger partial charge >= 0.3 is 0 Å². The number of aliphatic imine (C=N–C) groups is 6. The molecule has 378 valence electrons. The summed E-state index contributed by atoms with van der Waals surface area (Å²) in [7, 11) is 0. The van der Waals surface area contributed by atoms with Crippen molar-refractivity contribution in [2.75, 3.05) is 9.80 Å². The number of hydrogen-bond donors (Lipinski definition) is 0. The molecular formula is C70H50BN9. The van der Waals surface area contributed by atoms with Gasteiger partial charge in [0.15, 0.2) is 17.5 Å². The number of anilines is 6. The van der Waals surface area contributed by atoms with Crippen LogP contribution in [0.2, 0.25) is 0 Å². The number of fused-ring (bicyclic) bond motifs is 4. The molecule has 0 bridgehead atoms. The van der Waals surface area contributed by atoms with Gasteiger partial charge in [0, 0.05) is 45.1 Å². The fourth-order valence-corrected chi connectivity index (χ4v) is 11.7. The number of hydrogen-bond acceptors (Lipinski definition) is 9. The zero-order chi connectivity index (χ0) is 53.5. The molecule has 0 radical (unpaired) electrons. The third-order valence-corrected chi connectivity index (χ3v) is 15.7. The SMILES string of the molecule is CC(C)(C)c1cc2c3c(c1)N(c1ccccc1C1=NC4=NC(c5ccccc5)=NC5=NC(c6ccccc6)=NC(=N1)N54)c1ccc(-c4ccccc4)cc1B3c1cc(-c3ccccc3)ccc1N2c1ccc(-c2ccccc2)cc1. The standard InChI is InChI=1S/C70H50BN9/c1-70(2,3)53-43-61-63-62(44-53)79(58-32-20-19-31-55(58)66-76-68-74-64(49-27-15-7-16-28-49)72-67-73-65(50-29-17-8-18-30-50)75-69(77-66)80(67)68)60-40-36-52(47-25-13-6-14-26-47)42-57(60)71(63)56-41-51(46-23-11-5-12-24-46)35-39-59(56)78(61)54-37-33-48(34-38-54)45-21-9-4-10-22-45/h4-44H,1-3H3. The average Bonchev–Trinajstić information content (AvgIpc) is 3.68. The normalized spacial score (nSPS) is 14.8. The highest BCUT2D eigenvalue weighted by molar-refractivity contribution is 7.00. The molecule has 0 spiro atoms. The summed E-state index contributed by atoms with van der Waals surface area (Å²) in [4.78, 5) is 37.7. The first kappa shape index (κ1) is 46.9. The average molecular weight is 1030 g/mol. The van der Waals surface area contributed by atoms with Crippen molar-refractivity contribution < 1.29 is 0 Å². The molecule has 0 N–H and O–H groups in total. The van der Waals surface area contributed by atoms with Crippen LogP contribution >= 0.6 is 0 Å². The van der Waals surface area contributed by atoms with E-state index in [0.29, 0.717) is 35.4 Å². The van der Waals surface area contributed by atoms with E-state index in [1.807, 2.05) is 60.7 Å². The molecule has 5 aliphatic rings. The number of rotatable bonds is 8. The predicted octanol–water partition coefficient (Wildman–Crippen LogP) is 14.1. The third kappa shape index (κ3) is 7.94. The van der Waals surface area contributed by atoms with Gasteiger partial charge in [0.05, 0.1) is 5.69 Å². The molecule has 10 aromatic rings. The largest absolute Gasteiger partial charge is 0.311 e. The van der Waals surface area contributed by atoms with Crippen LogP contribution in [-0.2, 0) is 5.41 Å². The molecule has 9 nitrogen and oxygen atoms in total. The molecule has 0 saturated heterocycles. The van der Waals surface area contributed by atoms with Gasteiger partial charge in [-0.1, -0.05) is 221 Å². The number of para-hydroxylation sites is 1. The number of benzene rings is 10. The molecule has 0 fully saturated rings. The maximum absolute atomic E-state index is 5.36. The minimum atomic E-state index is -0.237. The highest BCUT2D eigenvalue weighted by Crippen LogP contribution is 2.48. The van der Waals surface area contributed by atoms with Crippen LogP contribution in [0.1, 0.15) is 43.0 Å². The molecular weight excluding hydrogens is 978 g/mol. The van der Waals surface area contributed by atoms with Gasteiger partial charge in [0.25, 0.3) is 6.71 Å². The second-order valence-electron chi connectivity index (χ2n) is 21.6. The second kappa shape index (κ2) is 18.7. The van der Waals surface area contributed by atoms with Crippen molar-refractivity contribution in [2.45, 2.75) is 26.2 Å². The maximum atomic E-state index is 5.36. The van der Waals surface area contributed by atoms with E-state index in [2.05, 4.69) is 219 Å². The molecule has 0 unspecified atom stereocenters. The summed E-state index contributed by atoms with van der Waals surface area (Å²) in [5.41, 5.74) is 20.5. The van der Waals surface area contributed by atoms with Crippen molar-refractivity contribution in [3.8, 4) is 33.4 Å². The first-order chi connectivity index (χ1) is 39.3. The van der Waals surface area contributed by atoms with Gasteiger partial charge in [0.2, 0.25) is 17.9 Å². The Kier molecular flexibility index (Phi) is 11.0. The summed E-state index contributed by atoms with van der Waals surface area (Å²) < 4.78 is 0. The van der Waals surface area contributed by atoms with Crippen molar-refractivity contribution >= 4 is 92.6 Å².